The Kier molecular flexibility index (Phi) is 7.96. The topological polar surface area (TPSA) is 122 Å². The molecular weight excluding hydrogens is 631 g/mol. The Balaban J connectivity index is 1.41. The van der Waals surface area contributed by atoms with Crippen molar-refractivity contribution in [2.45, 2.75) is 6.61 Å². The van der Waals surface area contributed by atoms with Gasteiger partial charge in [-0.3, -0.25) is 14.9 Å². The zero-order valence-electron chi connectivity index (χ0n) is 22.7. The molecule has 13 heteroatoms. The van der Waals surface area contributed by atoms with Crippen LogP contribution in [0.4, 0.5) is 5.69 Å². The van der Waals surface area contributed by atoms with Crippen LogP contribution in [-0.2, 0) is 6.61 Å². The number of fused-ring (bicyclic) bond motifs is 2. The van der Waals surface area contributed by atoms with E-state index in [0.717, 1.165) is 4.68 Å². The number of rotatable bonds is 8. The summed E-state index contributed by atoms with van der Waals surface area (Å²) in [5.41, 5.74) is 0.962. The van der Waals surface area contributed by atoms with Crippen LogP contribution in [0.5, 0.6) is 11.5 Å². The molecule has 2 aromatic heterocycles. The SMILES string of the molecule is COc1cccc2oc(-c3nc4ccccc4c(=O)n3N=Cc3cc(Cl)c(OCc4ccc(Cl)c(Cl)c4)c([N+](=O)[O-])c3)cc12. The second-order valence-electron chi connectivity index (χ2n) is 9.44. The molecule has 0 unspecified atom stereocenters. The van der Waals surface area contributed by atoms with Gasteiger partial charge in [-0.15, -0.1) is 0 Å². The lowest BCUT2D eigenvalue weighted by molar-refractivity contribution is -0.385. The van der Waals surface area contributed by atoms with Gasteiger partial charge in [0.25, 0.3) is 5.56 Å². The third-order valence-electron chi connectivity index (χ3n) is 6.65. The molecule has 10 nitrogen and oxygen atoms in total. The molecule has 0 saturated carbocycles. The summed E-state index contributed by atoms with van der Waals surface area (Å²) in [6.07, 6.45) is 1.27. The van der Waals surface area contributed by atoms with Crippen LogP contribution in [0, 0.1) is 10.1 Å². The number of nitro benzene ring substituents is 1. The summed E-state index contributed by atoms with van der Waals surface area (Å²) in [6.45, 7) is -0.0469. The molecule has 0 fully saturated rings. The van der Waals surface area contributed by atoms with Crippen molar-refractivity contribution in [1.82, 2.24) is 9.66 Å². The fourth-order valence-corrected chi connectivity index (χ4v) is 5.17. The van der Waals surface area contributed by atoms with Gasteiger partial charge in [0.2, 0.25) is 11.6 Å². The number of benzene rings is 4. The summed E-state index contributed by atoms with van der Waals surface area (Å²) in [5.74, 6) is 0.824. The fraction of sp³-hybridized carbons (Fsp3) is 0.0645. The Labute approximate surface area is 263 Å². The van der Waals surface area contributed by atoms with E-state index in [4.69, 9.17) is 48.7 Å². The number of nitro groups is 1. The van der Waals surface area contributed by atoms with E-state index >= 15 is 0 Å². The van der Waals surface area contributed by atoms with Crippen molar-refractivity contribution in [3.8, 4) is 23.1 Å². The van der Waals surface area contributed by atoms with Crippen LogP contribution in [0.2, 0.25) is 15.1 Å². The molecule has 6 aromatic rings. The Morgan fingerprint density at radius 2 is 1.80 bits per heavy atom. The molecule has 44 heavy (non-hydrogen) atoms. The van der Waals surface area contributed by atoms with Gasteiger partial charge in [0.15, 0.2) is 5.76 Å². The van der Waals surface area contributed by atoms with E-state index in [1.165, 1.54) is 18.3 Å². The molecule has 0 radical (unpaired) electrons. The molecule has 0 saturated heterocycles. The van der Waals surface area contributed by atoms with E-state index in [-0.39, 0.29) is 34.5 Å². The molecule has 0 spiro atoms. The standard InChI is InChI=1S/C31H19Cl3N4O6/c1-42-26-7-4-8-27-20(26)14-28(44-27)30-36-24-6-3-2-5-19(24)31(39)37(30)35-15-18-12-23(34)29(25(13-18)38(40)41)43-16-17-9-10-21(32)22(33)11-17/h2-15H,16H2,1H3. The number of furan rings is 1. The highest BCUT2D eigenvalue weighted by molar-refractivity contribution is 6.42. The molecule has 0 amide bonds. The summed E-state index contributed by atoms with van der Waals surface area (Å²) >= 11 is 18.5. The first-order valence-electron chi connectivity index (χ1n) is 12.9. The summed E-state index contributed by atoms with van der Waals surface area (Å²) in [6, 6.07) is 21.4. The maximum Gasteiger partial charge on any atom is 0.313 e. The molecule has 0 atom stereocenters. The quantitative estimate of drug-likeness (QED) is 0.0926. The minimum Gasteiger partial charge on any atom is -0.496 e. The maximum atomic E-state index is 13.6. The van der Waals surface area contributed by atoms with Crippen LogP contribution in [0.3, 0.4) is 0 Å². The van der Waals surface area contributed by atoms with E-state index in [1.807, 2.05) is 0 Å². The van der Waals surface area contributed by atoms with E-state index in [1.54, 1.807) is 73.8 Å². The number of halogens is 3. The van der Waals surface area contributed by atoms with Crippen LogP contribution in [0.1, 0.15) is 11.1 Å². The van der Waals surface area contributed by atoms with E-state index < -0.39 is 16.2 Å². The van der Waals surface area contributed by atoms with Crippen molar-refractivity contribution in [3.63, 3.8) is 0 Å². The van der Waals surface area contributed by atoms with Gasteiger partial charge >= 0.3 is 5.69 Å². The average molecular weight is 650 g/mol. The van der Waals surface area contributed by atoms with Gasteiger partial charge in [0.05, 0.1) is 49.6 Å². The summed E-state index contributed by atoms with van der Waals surface area (Å²) in [4.78, 5) is 29.6. The van der Waals surface area contributed by atoms with Crippen LogP contribution < -0.4 is 15.0 Å². The van der Waals surface area contributed by atoms with E-state index in [2.05, 4.69) is 10.1 Å². The van der Waals surface area contributed by atoms with Gasteiger partial charge in [0.1, 0.15) is 17.9 Å². The first-order chi connectivity index (χ1) is 21.2. The summed E-state index contributed by atoms with van der Waals surface area (Å²) < 4.78 is 18.3. The minimum absolute atomic E-state index is 0.0331. The average Bonchev–Trinajstić information content (AvgIpc) is 3.46. The first kappa shape index (κ1) is 29.2. The van der Waals surface area contributed by atoms with Gasteiger partial charge in [-0.05, 0) is 54.1 Å². The molecule has 4 aromatic carbocycles. The van der Waals surface area contributed by atoms with Crippen molar-refractivity contribution in [2.24, 2.45) is 5.10 Å². The van der Waals surface area contributed by atoms with Crippen LogP contribution in [-0.4, -0.2) is 27.9 Å². The molecule has 220 valence electrons. The molecule has 0 N–H and O–H groups in total. The van der Waals surface area contributed by atoms with Crippen molar-refractivity contribution in [3.05, 3.63) is 126 Å². The number of nitrogens with zero attached hydrogens (tertiary/aromatic N) is 4. The van der Waals surface area contributed by atoms with Crippen molar-refractivity contribution >= 4 is 68.6 Å². The largest absolute Gasteiger partial charge is 0.496 e. The van der Waals surface area contributed by atoms with Crippen LogP contribution in [0.15, 0.2) is 93.2 Å². The van der Waals surface area contributed by atoms with Gasteiger partial charge < -0.3 is 13.9 Å². The van der Waals surface area contributed by atoms with Crippen molar-refractivity contribution in [2.75, 3.05) is 7.11 Å². The lowest BCUT2D eigenvalue weighted by Crippen LogP contribution is -2.20. The third kappa shape index (κ3) is 5.58. The summed E-state index contributed by atoms with van der Waals surface area (Å²) in [7, 11) is 1.55. The zero-order valence-corrected chi connectivity index (χ0v) is 24.9. The third-order valence-corrected chi connectivity index (χ3v) is 7.67. The number of ether oxygens (including phenoxy) is 2. The predicted molar refractivity (Wildman–Crippen MR) is 170 cm³/mol. The molecule has 0 aliphatic carbocycles. The number of hydrogen-bond donors (Lipinski definition) is 0. The normalized spacial score (nSPS) is 11.5. The molecular formula is C31H19Cl3N4O6. The van der Waals surface area contributed by atoms with Gasteiger partial charge in [-0.25, -0.2) is 4.98 Å². The minimum atomic E-state index is -0.621. The maximum absolute atomic E-state index is 13.6. The van der Waals surface area contributed by atoms with Gasteiger partial charge in [0, 0.05) is 11.6 Å². The Morgan fingerprint density at radius 1 is 0.977 bits per heavy atom. The number of para-hydroxylation sites is 1. The van der Waals surface area contributed by atoms with Crippen LogP contribution in [0.25, 0.3) is 33.5 Å². The van der Waals surface area contributed by atoms with Gasteiger partial charge in [-0.1, -0.05) is 59.1 Å². The second kappa shape index (κ2) is 12.0. The summed E-state index contributed by atoms with van der Waals surface area (Å²) in [5, 5.41) is 18.0. The van der Waals surface area contributed by atoms with E-state index in [9.17, 15) is 14.9 Å². The molecule has 0 aliphatic heterocycles. The van der Waals surface area contributed by atoms with Crippen molar-refractivity contribution in [1.29, 1.82) is 0 Å². The fourth-order valence-electron chi connectivity index (χ4n) is 4.57. The Hall–Kier alpha value is -4.90. The molecule has 0 aliphatic rings. The highest BCUT2D eigenvalue weighted by Crippen LogP contribution is 2.37. The Bertz CT molecular complexity index is 2180. The second-order valence-corrected chi connectivity index (χ2v) is 10.7. The smallest absolute Gasteiger partial charge is 0.313 e. The highest BCUT2D eigenvalue weighted by Gasteiger charge is 2.22. The number of aromatic nitrogens is 2. The highest BCUT2D eigenvalue weighted by atomic mass is 35.5. The lowest BCUT2D eigenvalue weighted by atomic mass is 10.2. The lowest BCUT2D eigenvalue weighted by Gasteiger charge is -2.10. The van der Waals surface area contributed by atoms with E-state index in [0.29, 0.717) is 43.2 Å². The predicted octanol–water partition coefficient (Wildman–Crippen LogP) is 8.15. The number of methoxy groups -OCH3 is 1. The zero-order chi connectivity index (χ0) is 31.0. The monoisotopic (exact) mass is 648 g/mol. The number of hydrogen-bond acceptors (Lipinski definition) is 8. The molecule has 0 bridgehead atoms. The molecule has 2 heterocycles. The first-order valence-corrected chi connectivity index (χ1v) is 14.0. The van der Waals surface area contributed by atoms with Crippen LogP contribution >= 0.6 is 34.8 Å². The Morgan fingerprint density at radius 3 is 2.57 bits per heavy atom. The molecule has 6 rings (SSSR count). The van der Waals surface area contributed by atoms with Crippen molar-refractivity contribution < 1.29 is 18.8 Å². The van der Waals surface area contributed by atoms with Gasteiger partial charge in [-0.2, -0.15) is 9.78 Å².